The maximum absolute atomic E-state index is 8.97. The highest BCUT2D eigenvalue weighted by atomic mass is 16.3. The van der Waals surface area contributed by atoms with Gasteiger partial charge in [0.25, 0.3) is 0 Å². The van der Waals surface area contributed by atoms with Crippen LogP contribution < -0.4 is 4.90 Å². The van der Waals surface area contributed by atoms with Crippen LogP contribution in [0.15, 0.2) is 48.5 Å². The molecule has 0 aliphatic heterocycles. The van der Waals surface area contributed by atoms with Crippen LogP contribution in [-0.2, 0) is 6.61 Å². The van der Waals surface area contributed by atoms with Crippen molar-refractivity contribution in [3.8, 4) is 11.8 Å². The van der Waals surface area contributed by atoms with E-state index in [0.717, 1.165) is 22.4 Å². The molecular formula is C17H17NO. The highest BCUT2D eigenvalue weighted by molar-refractivity contribution is 5.51. The first-order valence-electron chi connectivity index (χ1n) is 6.18. The van der Waals surface area contributed by atoms with Crippen molar-refractivity contribution in [2.45, 2.75) is 6.61 Å². The number of nitrogens with zero attached hydrogens (tertiary/aromatic N) is 1. The zero-order valence-electron chi connectivity index (χ0n) is 11.2. The van der Waals surface area contributed by atoms with Crippen LogP contribution in [0, 0.1) is 11.8 Å². The first-order chi connectivity index (χ1) is 9.19. The van der Waals surface area contributed by atoms with Crippen molar-refractivity contribution in [1.29, 1.82) is 0 Å². The van der Waals surface area contributed by atoms with E-state index in [2.05, 4.69) is 28.9 Å². The third-order valence-corrected chi connectivity index (χ3v) is 2.87. The number of aliphatic hydroxyl groups is 1. The van der Waals surface area contributed by atoms with Gasteiger partial charge in [0, 0.05) is 30.9 Å². The van der Waals surface area contributed by atoms with Crippen molar-refractivity contribution in [3.05, 3.63) is 65.2 Å². The van der Waals surface area contributed by atoms with Crippen molar-refractivity contribution < 1.29 is 5.11 Å². The second kappa shape index (κ2) is 6.08. The number of anilines is 1. The van der Waals surface area contributed by atoms with Crippen LogP contribution in [0.4, 0.5) is 5.69 Å². The molecule has 0 bridgehead atoms. The Hall–Kier alpha value is -2.24. The van der Waals surface area contributed by atoms with E-state index in [-0.39, 0.29) is 6.61 Å². The summed E-state index contributed by atoms with van der Waals surface area (Å²) >= 11 is 0. The molecule has 0 saturated carbocycles. The minimum atomic E-state index is 0.0692. The summed E-state index contributed by atoms with van der Waals surface area (Å²) in [6.07, 6.45) is 0. The van der Waals surface area contributed by atoms with E-state index in [1.165, 1.54) is 0 Å². The zero-order chi connectivity index (χ0) is 13.7. The Morgan fingerprint density at radius 2 is 1.32 bits per heavy atom. The molecule has 1 N–H and O–H groups in total. The predicted molar refractivity (Wildman–Crippen MR) is 79.1 cm³/mol. The molecule has 0 amide bonds. The van der Waals surface area contributed by atoms with Gasteiger partial charge in [-0.1, -0.05) is 24.0 Å². The number of hydrogen-bond donors (Lipinski definition) is 1. The van der Waals surface area contributed by atoms with Gasteiger partial charge in [-0.3, -0.25) is 0 Å². The Labute approximate surface area is 114 Å². The largest absolute Gasteiger partial charge is 0.392 e. The van der Waals surface area contributed by atoms with Gasteiger partial charge in [-0.2, -0.15) is 0 Å². The molecule has 0 aromatic heterocycles. The summed E-state index contributed by atoms with van der Waals surface area (Å²) in [5, 5.41) is 8.97. The van der Waals surface area contributed by atoms with Crippen molar-refractivity contribution >= 4 is 5.69 Å². The molecule has 0 saturated heterocycles. The summed E-state index contributed by atoms with van der Waals surface area (Å²) < 4.78 is 0. The smallest absolute Gasteiger partial charge is 0.0681 e. The van der Waals surface area contributed by atoms with Gasteiger partial charge in [-0.05, 0) is 42.0 Å². The Kier molecular flexibility index (Phi) is 4.22. The van der Waals surface area contributed by atoms with Crippen molar-refractivity contribution in [1.82, 2.24) is 0 Å². The molecule has 2 aromatic carbocycles. The average Bonchev–Trinajstić information content (AvgIpc) is 2.46. The zero-order valence-corrected chi connectivity index (χ0v) is 11.2. The van der Waals surface area contributed by atoms with Gasteiger partial charge in [-0.15, -0.1) is 0 Å². The van der Waals surface area contributed by atoms with Crippen LogP contribution in [0.3, 0.4) is 0 Å². The number of hydrogen-bond acceptors (Lipinski definition) is 2. The number of aliphatic hydroxyl groups excluding tert-OH is 1. The van der Waals surface area contributed by atoms with E-state index >= 15 is 0 Å². The second-order valence-electron chi connectivity index (χ2n) is 4.55. The van der Waals surface area contributed by atoms with Crippen LogP contribution in [-0.4, -0.2) is 19.2 Å². The van der Waals surface area contributed by atoms with Crippen LogP contribution in [0.2, 0.25) is 0 Å². The van der Waals surface area contributed by atoms with E-state index < -0.39 is 0 Å². The molecule has 0 heterocycles. The topological polar surface area (TPSA) is 23.5 Å². The standard InChI is InChI=1S/C17H17NO/c1-18(2)17-11-9-15(10-12-17)4-3-14-5-7-16(13-19)8-6-14/h5-12,19H,13H2,1-2H3. The molecule has 0 fully saturated rings. The fourth-order valence-corrected chi connectivity index (χ4v) is 1.68. The summed E-state index contributed by atoms with van der Waals surface area (Å²) in [4.78, 5) is 2.06. The van der Waals surface area contributed by atoms with Crippen molar-refractivity contribution in [3.63, 3.8) is 0 Å². The molecule has 19 heavy (non-hydrogen) atoms. The summed E-state index contributed by atoms with van der Waals surface area (Å²) in [5.41, 5.74) is 4.02. The van der Waals surface area contributed by atoms with Crippen LogP contribution >= 0.6 is 0 Å². The molecule has 96 valence electrons. The van der Waals surface area contributed by atoms with Gasteiger partial charge in [0.2, 0.25) is 0 Å². The van der Waals surface area contributed by atoms with Crippen LogP contribution in [0.1, 0.15) is 16.7 Å². The lowest BCUT2D eigenvalue weighted by Crippen LogP contribution is -2.07. The molecule has 0 aliphatic rings. The Bertz CT molecular complexity index is 586. The van der Waals surface area contributed by atoms with Gasteiger partial charge in [-0.25, -0.2) is 0 Å². The maximum atomic E-state index is 8.97. The Balaban J connectivity index is 2.14. The third kappa shape index (κ3) is 3.61. The molecule has 0 spiro atoms. The minimum absolute atomic E-state index is 0.0692. The van der Waals surface area contributed by atoms with Crippen molar-refractivity contribution in [2.75, 3.05) is 19.0 Å². The molecule has 2 nitrogen and oxygen atoms in total. The fraction of sp³-hybridized carbons (Fsp3) is 0.176. The monoisotopic (exact) mass is 251 g/mol. The third-order valence-electron chi connectivity index (χ3n) is 2.87. The van der Waals surface area contributed by atoms with Gasteiger partial charge in [0.1, 0.15) is 0 Å². The molecule has 0 unspecified atom stereocenters. The first-order valence-corrected chi connectivity index (χ1v) is 6.18. The van der Waals surface area contributed by atoms with Gasteiger partial charge in [0.15, 0.2) is 0 Å². The minimum Gasteiger partial charge on any atom is -0.392 e. The van der Waals surface area contributed by atoms with Crippen LogP contribution in [0.5, 0.6) is 0 Å². The molecular weight excluding hydrogens is 234 g/mol. The van der Waals surface area contributed by atoms with E-state index in [9.17, 15) is 0 Å². The Morgan fingerprint density at radius 1 is 0.842 bits per heavy atom. The fourth-order valence-electron chi connectivity index (χ4n) is 1.68. The highest BCUT2D eigenvalue weighted by Crippen LogP contribution is 2.11. The predicted octanol–water partition coefficient (Wildman–Crippen LogP) is 2.64. The van der Waals surface area contributed by atoms with E-state index in [4.69, 9.17) is 5.11 Å². The lowest BCUT2D eigenvalue weighted by Gasteiger charge is -2.11. The maximum Gasteiger partial charge on any atom is 0.0681 e. The van der Waals surface area contributed by atoms with E-state index in [1.54, 1.807) is 0 Å². The van der Waals surface area contributed by atoms with Gasteiger partial charge in [0.05, 0.1) is 6.61 Å². The second-order valence-corrected chi connectivity index (χ2v) is 4.55. The Morgan fingerprint density at radius 3 is 1.74 bits per heavy atom. The number of benzene rings is 2. The average molecular weight is 251 g/mol. The molecule has 0 aliphatic carbocycles. The van der Waals surface area contributed by atoms with Crippen molar-refractivity contribution in [2.24, 2.45) is 0 Å². The normalized spacial score (nSPS) is 9.63. The highest BCUT2D eigenvalue weighted by Gasteiger charge is 1.94. The van der Waals surface area contributed by atoms with Gasteiger partial charge >= 0.3 is 0 Å². The number of rotatable bonds is 2. The molecule has 2 aromatic rings. The summed E-state index contributed by atoms with van der Waals surface area (Å²) in [6.45, 7) is 0.0692. The molecule has 2 heteroatoms. The molecule has 0 radical (unpaired) electrons. The first kappa shape index (κ1) is 13.2. The lowest BCUT2D eigenvalue weighted by molar-refractivity contribution is 0.282. The van der Waals surface area contributed by atoms with E-state index in [0.29, 0.717) is 0 Å². The SMILES string of the molecule is CN(C)c1ccc(C#Cc2ccc(CO)cc2)cc1. The summed E-state index contributed by atoms with van der Waals surface area (Å²) in [7, 11) is 4.03. The van der Waals surface area contributed by atoms with E-state index in [1.807, 2.05) is 50.5 Å². The van der Waals surface area contributed by atoms with Crippen LogP contribution in [0.25, 0.3) is 0 Å². The molecule has 0 atom stereocenters. The summed E-state index contributed by atoms with van der Waals surface area (Å²) in [6, 6.07) is 15.8. The summed E-state index contributed by atoms with van der Waals surface area (Å²) in [5.74, 6) is 6.25. The quantitative estimate of drug-likeness (QED) is 0.829. The molecule has 2 rings (SSSR count). The lowest BCUT2D eigenvalue weighted by atomic mass is 10.1. The van der Waals surface area contributed by atoms with Gasteiger partial charge < -0.3 is 10.0 Å².